The molecule has 1 amide bonds. The standard InChI is InChI=1S/C66H129NO6/c1-3-5-7-9-11-13-15-16-30-34-37-41-45-49-53-57-66(72)73-60-54-50-46-42-38-35-32-29-27-25-23-21-19-17-18-20-22-24-26-28-31-33-36-40-44-48-52-56-65(71)67-63(61-68)64(70)59-58-62(69)55-51-47-43-39-14-12-10-8-6-4-2/h58-59,62-64,68-70H,3-57,60-61H2,1-2H3,(H,67,71)/t62-,63+,64-/m1/s1. The van der Waals surface area contributed by atoms with Crippen LogP contribution in [0.1, 0.15) is 367 Å². The molecule has 4 N–H and O–H groups in total. The predicted octanol–water partition coefficient (Wildman–Crippen LogP) is 19.8. The first-order chi connectivity index (χ1) is 35.9. The highest BCUT2D eigenvalue weighted by Gasteiger charge is 2.18. The van der Waals surface area contributed by atoms with Crippen molar-refractivity contribution in [2.45, 2.75) is 385 Å². The smallest absolute Gasteiger partial charge is 0.305 e. The molecule has 0 aliphatic carbocycles. The fraction of sp³-hybridized carbons (Fsp3) is 0.939. The Hall–Kier alpha value is -1.44. The van der Waals surface area contributed by atoms with Gasteiger partial charge in [-0.3, -0.25) is 9.59 Å². The Morgan fingerprint density at radius 3 is 0.959 bits per heavy atom. The lowest BCUT2D eigenvalue weighted by Crippen LogP contribution is -2.45. The van der Waals surface area contributed by atoms with E-state index in [0.29, 0.717) is 25.9 Å². The highest BCUT2D eigenvalue weighted by atomic mass is 16.5. The van der Waals surface area contributed by atoms with Crippen LogP contribution in [0.5, 0.6) is 0 Å². The first-order valence-corrected chi connectivity index (χ1v) is 33.0. The number of aliphatic hydroxyl groups is 3. The van der Waals surface area contributed by atoms with E-state index in [2.05, 4.69) is 19.2 Å². The Labute approximate surface area is 455 Å². The van der Waals surface area contributed by atoms with Crippen LogP contribution in [0.3, 0.4) is 0 Å². The summed E-state index contributed by atoms with van der Waals surface area (Å²) in [4.78, 5) is 24.5. The van der Waals surface area contributed by atoms with Crippen LogP contribution in [-0.2, 0) is 14.3 Å². The van der Waals surface area contributed by atoms with Crippen molar-refractivity contribution in [3.63, 3.8) is 0 Å². The Balaban J connectivity index is 3.38. The molecule has 0 aromatic rings. The van der Waals surface area contributed by atoms with E-state index in [-0.39, 0.29) is 18.5 Å². The van der Waals surface area contributed by atoms with E-state index in [1.54, 1.807) is 6.08 Å². The third kappa shape index (κ3) is 58.1. The molecule has 7 heteroatoms. The van der Waals surface area contributed by atoms with E-state index >= 15 is 0 Å². The lowest BCUT2D eigenvalue weighted by molar-refractivity contribution is -0.143. The highest BCUT2D eigenvalue weighted by molar-refractivity contribution is 5.76. The van der Waals surface area contributed by atoms with Gasteiger partial charge in [0.05, 0.1) is 31.5 Å². The number of amides is 1. The normalized spacial score (nSPS) is 13.0. The van der Waals surface area contributed by atoms with Gasteiger partial charge in [0.2, 0.25) is 5.91 Å². The van der Waals surface area contributed by atoms with Gasteiger partial charge in [-0.1, -0.05) is 341 Å². The van der Waals surface area contributed by atoms with Gasteiger partial charge in [0.25, 0.3) is 0 Å². The minimum Gasteiger partial charge on any atom is -0.466 e. The van der Waals surface area contributed by atoms with Gasteiger partial charge < -0.3 is 25.4 Å². The largest absolute Gasteiger partial charge is 0.466 e. The molecule has 73 heavy (non-hydrogen) atoms. The van der Waals surface area contributed by atoms with E-state index in [4.69, 9.17) is 4.74 Å². The Kier molecular flexibility index (Phi) is 60.2. The molecule has 0 saturated carbocycles. The van der Waals surface area contributed by atoms with Crippen molar-refractivity contribution in [1.82, 2.24) is 5.32 Å². The molecule has 0 saturated heterocycles. The summed E-state index contributed by atoms with van der Waals surface area (Å²) < 4.78 is 5.50. The zero-order valence-corrected chi connectivity index (χ0v) is 49.3. The molecule has 0 radical (unpaired) electrons. The second kappa shape index (κ2) is 61.4. The molecule has 434 valence electrons. The average Bonchev–Trinajstić information content (AvgIpc) is 3.39. The van der Waals surface area contributed by atoms with Gasteiger partial charge in [0, 0.05) is 12.8 Å². The molecule has 0 aliphatic rings. The highest BCUT2D eigenvalue weighted by Crippen LogP contribution is 2.19. The van der Waals surface area contributed by atoms with Crippen LogP contribution in [-0.4, -0.2) is 58.7 Å². The summed E-state index contributed by atoms with van der Waals surface area (Å²) in [5.41, 5.74) is 0. The van der Waals surface area contributed by atoms with Crippen LogP contribution >= 0.6 is 0 Å². The number of hydrogen-bond acceptors (Lipinski definition) is 6. The Bertz CT molecular complexity index is 1120. The van der Waals surface area contributed by atoms with Crippen LogP contribution in [0.25, 0.3) is 0 Å². The van der Waals surface area contributed by atoms with Crippen molar-refractivity contribution in [2.24, 2.45) is 0 Å². The maximum absolute atomic E-state index is 12.5. The summed E-state index contributed by atoms with van der Waals surface area (Å²) in [5.74, 6) is -0.109. The molecule has 0 aromatic heterocycles. The van der Waals surface area contributed by atoms with Crippen molar-refractivity contribution in [3.8, 4) is 0 Å². The molecule has 0 aromatic carbocycles. The van der Waals surface area contributed by atoms with E-state index < -0.39 is 18.2 Å². The number of unbranched alkanes of at least 4 members (excludes halogenated alkanes) is 49. The van der Waals surface area contributed by atoms with Gasteiger partial charge in [-0.05, 0) is 25.7 Å². The number of hydrogen-bond donors (Lipinski definition) is 4. The van der Waals surface area contributed by atoms with Crippen molar-refractivity contribution in [3.05, 3.63) is 12.2 Å². The zero-order chi connectivity index (χ0) is 53.0. The second-order valence-corrected chi connectivity index (χ2v) is 23.0. The first-order valence-electron chi connectivity index (χ1n) is 33.0. The van der Waals surface area contributed by atoms with Gasteiger partial charge >= 0.3 is 5.97 Å². The third-order valence-corrected chi connectivity index (χ3v) is 15.6. The third-order valence-electron chi connectivity index (χ3n) is 15.6. The maximum atomic E-state index is 12.5. The van der Waals surface area contributed by atoms with Crippen molar-refractivity contribution < 1.29 is 29.6 Å². The van der Waals surface area contributed by atoms with Crippen LogP contribution in [0.4, 0.5) is 0 Å². The number of nitrogens with one attached hydrogen (secondary N) is 1. The summed E-state index contributed by atoms with van der Waals surface area (Å²) in [5, 5.41) is 33.3. The molecule has 0 heterocycles. The average molecular weight is 1030 g/mol. The van der Waals surface area contributed by atoms with E-state index in [0.717, 1.165) is 44.9 Å². The predicted molar refractivity (Wildman–Crippen MR) is 316 cm³/mol. The van der Waals surface area contributed by atoms with E-state index in [9.17, 15) is 24.9 Å². The lowest BCUT2D eigenvalue weighted by atomic mass is 10.0. The molecule has 0 fully saturated rings. The molecule has 0 spiro atoms. The van der Waals surface area contributed by atoms with Crippen molar-refractivity contribution in [2.75, 3.05) is 13.2 Å². The number of carbonyl (C=O) groups is 2. The van der Waals surface area contributed by atoms with Gasteiger partial charge in [0.1, 0.15) is 0 Å². The number of carbonyl (C=O) groups excluding carboxylic acids is 2. The molecule has 3 atom stereocenters. The van der Waals surface area contributed by atoms with Gasteiger partial charge in [0.15, 0.2) is 0 Å². The number of ether oxygens (including phenoxy) is 1. The fourth-order valence-electron chi connectivity index (χ4n) is 10.5. The Morgan fingerprint density at radius 2 is 0.644 bits per heavy atom. The lowest BCUT2D eigenvalue weighted by Gasteiger charge is -2.20. The van der Waals surface area contributed by atoms with Gasteiger partial charge in [-0.15, -0.1) is 0 Å². The summed E-state index contributed by atoms with van der Waals surface area (Å²) in [6, 6.07) is -0.747. The molecule has 0 aliphatic heterocycles. The van der Waals surface area contributed by atoms with Crippen molar-refractivity contribution >= 4 is 11.9 Å². The van der Waals surface area contributed by atoms with E-state index in [1.807, 2.05) is 0 Å². The monoisotopic (exact) mass is 1030 g/mol. The molecular weight excluding hydrogens is 903 g/mol. The minimum absolute atomic E-state index is 0.0185. The van der Waals surface area contributed by atoms with Gasteiger partial charge in [-0.25, -0.2) is 0 Å². The van der Waals surface area contributed by atoms with Crippen LogP contribution in [0.2, 0.25) is 0 Å². The zero-order valence-electron chi connectivity index (χ0n) is 49.3. The quantitative estimate of drug-likeness (QED) is 0.0274. The molecule has 0 unspecified atom stereocenters. The van der Waals surface area contributed by atoms with Crippen molar-refractivity contribution in [1.29, 1.82) is 0 Å². The topological polar surface area (TPSA) is 116 Å². The minimum atomic E-state index is -1.02. The molecule has 7 nitrogen and oxygen atoms in total. The molecule has 0 rings (SSSR count). The SMILES string of the molecule is CCCCCCCCCCCCCCCCCC(=O)OCCCCCCCCCCCCCCCCCCCCCCCCCCCCCC(=O)N[C@@H](CO)[C@H](O)C=C[C@H](O)CCCCCCCCCCCC. The molecular formula is C66H129NO6. The summed E-state index contributed by atoms with van der Waals surface area (Å²) in [6.45, 7) is 4.82. The Morgan fingerprint density at radius 1 is 0.370 bits per heavy atom. The van der Waals surface area contributed by atoms with Crippen LogP contribution < -0.4 is 5.32 Å². The van der Waals surface area contributed by atoms with Gasteiger partial charge in [-0.2, -0.15) is 0 Å². The van der Waals surface area contributed by atoms with Crippen LogP contribution in [0, 0.1) is 0 Å². The summed E-state index contributed by atoms with van der Waals surface area (Å²) in [6.07, 6.45) is 71.5. The van der Waals surface area contributed by atoms with Crippen LogP contribution in [0.15, 0.2) is 12.2 Å². The summed E-state index contributed by atoms with van der Waals surface area (Å²) in [7, 11) is 0. The maximum Gasteiger partial charge on any atom is 0.305 e. The summed E-state index contributed by atoms with van der Waals surface area (Å²) >= 11 is 0. The number of aliphatic hydroxyl groups excluding tert-OH is 3. The van der Waals surface area contributed by atoms with E-state index in [1.165, 1.54) is 295 Å². The number of esters is 1. The number of rotatable bonds is 62. The fourth-order valence-corrected chi connectivity index (χ4v) is 10.5. The first kappa shape index (κ1) is 71.6. The molecule has 0 bridgehead atoms. The second-order valence-electron chi connectivity index (χ2n) is 23.0.